The molecule has 0 N–H and O–H groups in total. The fourth-order valence-corrected chi connectivity index (χ4v) is 1.59. The summed E-state index contributed by atoms with van der Waals surface area (Å²) >= 11 is 5.81. The van der Waals surface area contributed by atoms with Gasteiger partial charge in [0.15, 0.2) is 0 Å². The molecule has 0 saturated heterocycles. The van der Waals surface area contributed by atoms with E-state index >= 15 is 0 Å². The van der Waals surface area contributed by atoms with Crippen molar-refractivity contribution < 1.29 is 4.79 Å². The number of anilines is 1. The van der Waals surface area contributed by atoms with Gasteiger partial charge in [-0.1, -0.05) is 17.7 Å². The number of alkyl halides is 1. The summed E-state index contributed by atoms with van der Waals surface area (Å²) in [5, 5.41) is 8.02. The van der Waals surface area contributed by atoms with Crippen molar-refractivity contribution in [2.75, 3.05) is 11.4 Å². The number of amides is 1. The summed E-state index contributed by atoms with van der Waals surface area (Å²) in [6, 6.07) is 9.63. The Bertz CT molecular complexity index is 420. The van der Waals surface area contributed by atoms with E-state index in [9.17, 15) is 4.79 Å². The van der Waals surface area contributed by atoms with Gasteiger partial charge in [0.25, 0.3) is 0 Å². The summed E-state index contributed by atoms with van der Waals surface area (Å²) in [6.07, 6.45) is 0.295. The van der Waals surface area contributed by atoms with E-state index in [-0.39, 0.29) is 5.91 Å². The van der Waals surface area contributed by atoms with Crippen molar-refractivity contribution in [2.45, 2.75) is 25.6 Å². The first-order valence-electron chi connectivity index (χ1n) is 5.45. The van der Waals surface area contributed by atoms with Crippen molar-refractivity contribution >= 4 is 23.2 Å². The smallest absolute Gasteiger partial charge is 0.244 e. The predicted molar refractivity (Wildman–Crippen MR) is 69.1 cm³/mol. The Morgan fingerprint density at radius 2 is 2.06 bits per heavy atom. The average molecular weight is 251 g/mol. The molecular weight excluding hydrogens is 236 g/mol. The Morgan fingerprint density at radius 1 is 1.47 bits per heavy atom. The van der Waals surface area contributed by atoms with E-state index in [1.807, 2.05) is 37.3 Å². The molecule has 4 heteroatoms. The normalized spacial score (nSPS) is 11.6. The number of nitrogens with zero attached hydrogens (tertiary/aromatic N) is 2. The standard InChI is InChI=1S/C13H15ClN2O/c1-10-4-6-12(7-5-10)16(9-3-8-15)13(17)11(2)14/h4-7,11H,3,9H2,1-2H3. The largest absolute Gasteiger partial charge is 0.310 e. The van der Waals surface area contributed by atoms with Crippen LogP contribution in [0.2, 0.25) is 0 Å². The van der Waals surface area contributed by atoms with Gasteiger partial charge in [0.2, 0.25) is 5.91 Å². The van der Waals surface area contributed by atoms with E-state index in [0.29, 0.717) is 13.0 Å². The van der Waals surface area contributed by atoms with Gasteiger partial charge in [-0.2, -0.15) is 5.26 Å². The van der Waals surface area contributed by atoms with Gasteiger partial charge < -0.3 is 4.90 Å². The fraction of sp³-hybridized carbons (Fsp3) is 0.385. The third kappa shape index (κ3) is 3.76. The number of benzene rings is 1. The molecule has 17 heavy (non-hydrogen) atoms. The zero-order valence-corrected chi connectivity index (χ0v) is 10.7. The van der Waals surface area contributed by atoms with E-state index < -0.39 is 5.38 Å². The first-order valence-corrected chi connectivity index (χ1v) is 5.89. The number of rotatable bonds is 4. The topological polar surface area (TPSA) is 44.1 Å². The molecule has 3 nitrogen and oxygen atoms in total. The molecule has 0 fully saturated rings. The van der Waals surface area contributed by atoms with Crippen LogP contribution >= 0.6 is 11.6 Å². The summed E-state index contributed by atoms with van der Waals surface area (Å²) in [4.78, 5) is 13.5. The molecule has 0 aromatic heterocycles. The van der Waals surface area contributed by atoms with Gasteiger partial charge in [-0.3, -0.25) is 4.79 Å². The average Bonchev–Trinajstić information content (AvgIpc) is 2.31. The number of hydrogen-bond donors (Lipinski definition) is 0. The van der Waals surface area contributed by atoms with Crippen LogP contribution < -0.4 is 4.90 Å². The summed E-state index contributed by atoms with van der Waals surface area (Å²) in [5.74, 6) is -0.175. The predicted octanol–water partition coefficient (Wildman–Crippen LogP) is 2.87. The third-order valence-electron chi connectivity index (χ3n) is 2.40. The number of aryl methyl sites for hydroxylation is 1. The first-order chi connectivity index (χ1) is 8.06. The maximum absolute atomic E-state index is 11.9. The SMILES string of the molecule is Cc1ccc(N(CCC#N)C(=O)C(C)Cl)cc1. The lowest BCUT2D eigenvalue weighted by atomic mass is 10.2. The summed E-state index contributed by atoms with van der Waals surface area (Å²) < 4.78 is 0. The zero-order valence-electron chi connectivity index (χ0n) is 9.98. The molecule has 0 radical (unpaired) electrons. The minimum absolute atomic E-state index is 0.175. The maximum Gasteiger partial charge on any atom is 0.244 e. The highest BCUT2D eigenvalue weighted by Gasteiger charge is 2.19. The van der Waals surface area contributed by atoms with Crippen LogP contribution in [0.3, 0.4) is 0 Å². The summed E-state index contributed by atoms with van der Waals surface area (Å²) in [5.41, 5.74) is 1.91. The molecule has 90 valence electrons. The van der Waals surface area contributed by atoms with E-state index in [2.05, 4.69) is 0 Å². The van der Waals surface area contributed by atoms with Crippen LogP contribution in [0.25, 0.3) is 0 Å². The lowest BCUT2D eigenvalue weighted by Gasteiger charge is -2.23. The van der Waals surface area contributed by atoms with Gasteiger partial charge >= 0.3 is 0 Å². The van der Waals surface area contributed by atoms with Crippen LogP contribution in [-0.2, 0) is 4.79 Å². The van der Waals surface area contributed by atoms with Gasteiger partial charge in [0.05, 0.1) is 12.5 Å². The lowest BCUT2D eigenvalue weighted by Crippen LogP contribution is -2.36. The van der Waals surface area contributed by atoms with E-state index in [1.54, 1.807) is 11.8 Å². The Balaban J connectivity index is 2.94. The van der Waals surface area contributed by atoms with Crippen molar-refractivity contribution in [1.82, 2.24) is 0 Å². The van der Waals surface area contributed by atoms with Crippen molar-refractivity contribution in [3.63, 3.8) is 0 Å². The molecular formula is C13H15ClN2O. The second-order valence-electron chi connectivity index (χ2n) is 3.85. The number of halogens is 1. The van der Waals surface area contributed by atoms with E-state index in [1.165, 1.54) is 0 Å². The number of carbonyl (C=O) groups excluding carboxylic acids is 1. The molecule has 0 heterocycles. The second kappa shape index (κ2) is 6.27. The van der Waals surface area contributed by atoms with Crippen molar-refractivity contribution in [1.29, 1.82) is 5.26 Å². The van der Waals surface area contributed by atoms with Crippen LogP contribution in [0, 0.1) is 18.3 Å². The monoisotopic (exact) mass is 250 g/mol. The Labute approximate surface area is 107 Å². The minimum atomic E-state index is -0.588. The molecule has 0 bridgehead atoms. The molecule has 0 aliphatic carbocycles. The van der Waals surface area contributed by atoms with Gasteiger partial charge in [0, 0.05) is 12.2 Å². The molecule has 1 aromatic rings. The molecule has 1 atom stereocenters. The molecule has 1 aromatic carbocycles. The van der Waals surface area contributed by atoms with Gasteiger partial charge in [-0.15, -0.1) is 11.6 Å². The van der Waals surface area contributed by atoms with Crippen molar-refractivity contribution in [3.8, 4) is 6.07 Å². The summed E-state index contributed by atoms with van der Waals surface area (Å²) in [6.45, 7) is 3.99. The Morgan fingerprint density at radius 3 is 2.53 bits per heavy atom. The molecule has 1 unspecified atom stereocenters. The molecule has 0 aliphatic heterocycles. The highest BCUT2D eigenvalue weighted by molar-refractivity contribution is 6.32. The molecule has 0 saturated carbocycles. The van der Waals surface area contributed by atoms with Crippen LogP contribution in [-0.4, -0.2) is 17.8 Å². The Hall–Kier alpha value is -1.53. The minimum Gasteiger partial charge on any atom is -0.310 e. The number of carbonyl (C=O) groups is 1. The second-order valence-corrected chi connectivity index (χ2v) is 4.50. The van der Waals surface area contributed by atoms with Gasteiger partial charge in [-0.05, 0) is 26.0 Å². The fourth-order valence-electron chi connectivity index (χ4n) is 1.47. The van der Waals surface area contributed by atoms with Gasteiger partial charge in [0.1, 0.15) is 5.38 Å². The molecule has 0 aliphatic rings. The van der Waals surface area contributed by atoms with Crippen molar-refractivity contribution in [3.05, 3.63) is 29.8 Å². The zero-order chi connectivity index (χ0) is 12.8. The quantitative estimate of drug-likeness (QED) is 0.772. The van der Waals surface area contributed by atoms with E-state index in [0.717, 1.165) is 11.3 Å². The Kier molecular flexibility index (Phi) is 4.99. The number of hydrogen-bond acceptors (Lipinski definition) is 2. The number of nitriles is 1. The highest BCUT2D eigenvalue weighted by atomic mass is 35.5. The maximum atomic E-state index is 11.9. The van der Waals surface area contributed by atoms with E-state index in [4.69, 9.17) is 16.9 Å². The summed E-state index contributed by atoms with van der Waals surface area (Å²) in [7, 11) is 0. The lowest BCUT2D eigenvalue weighted by molar-refractivity contribution is -0.118. The third-order valence-corrected chi connectivity index (χ3v) is 2.59. The van der Waals surface area contributed by atoms with Crippen LogP contribution in [0.15, 0.2) is 24.3 Å². The molecule has 1 rings (SSSR count). The molecule has 0 spiro atoms. The van der Waals surface area contributed by atoms with Gasteiger partial charge in [-0.25, -0.2) is 0 Å². The molecule has 1 amide bonds. The van der Waals surface area contributed by atoms with Crippen molar-refractivity contribution in [2.24, 2.45) is 0 Å². The highest BCUT2D eigenvalue weighted by Crippen LogP contribution is 2.17. The van der Waals surface area contributed by atoms with Crippen LogP contribution in [0.4, 0.5) is 5.69 Å². The first kappa shape index (κ1) is 13.5. The van der Waals surface area contributed by atoms with Crippen LogP contribution in [0.1, 0.15) is 18.9 Å². The van der Waals surface area contributed by atoms with Crippen LogP contribution in [0.5, 0.6) is 0 Å².